The van der Waals surface area contributed by atoms with E-state index < -0.39 is 6.10 Å². The fourth-order valence-electron chi connectivity index (χ4n) is 1.18. The van der Waals surface area contributed by atoms with Crippen LogP contribution in [0.5, 0.6) is 11.5 Å². The summed E-state index contributed by atoms with van der Waals surface area (Å²) in [4.78, 5) is 0. The van der Waals surface area contributed by atoms with Crippen molar-refractivity contribution in [2.24, 2.45) is 5.16 Å². The Labute approximate surface area is 93.6 Å². The maximum atomic E-state index is 9.62. The summed E-state index contributed by atoms with van der Waals surface area (Å²) in [6, 6.07) is 4.63. The summed E-state index contributed by atoms with van der Waals surface area (Å²) in [6.07, 6.45) is -0.567. The molecule has 0 aliphatic rings. The molecule has 88 valence electrons. The largest absolute Gasteiger partial charge is 0.507 e. The maximum absolute atomic E-state index is 9.62. The number of phenolic OH excluding ortho intramolecular Hbond substituents is 1. The first-order valence-corrected chi connectivity index (χ1v) is 4.87. The highest BCUT2D eigenvalue weighted by molar-refractivity contribution is 6.00. The molecule has 0 amide bonds. The first-order valence-electron chi connectivity index (χ1n) is 4.87. The van der Waals surface area contributed by atoms with Gasteiger partial charge in [-0.1, -0.05) is 5.16 Å². The third-order valence-corrected chi connectivity index (χ3v) is 2.00. The summed E-state index contributed by atoms with van der Waals surface area (Å²) in [7, 11) is 0. The molecule has 1 atom stereocenters. The van der Waals surface area contributed by atoms with E-state index in [0.717, 1.165) is 0 Å². The first kappa shape index (κ1) is 12.3. The summed E-state index contributed by atoms with van der Waals surface area (Å²) in [5.41, 5.74) is 0.756. The van der Waals surface area contributed by atoms with Gasteiger partial charge >= 0.3 is 0 Å². The average Bonchev–Trinajstić information content (AvgIpc) is 2.25. The Morgan fingerprint density at radius 2 is 2.19 bits per heavy atom. The highest BCUT2D eigenvalue weighted by Crippen LogP contribution is 2.24. The molecule has 0 radical (unpaired) electrons. The number of phenols is 1. The van der Waals surface area contributed by atoms with Crippen molar-refractivity contribution in [3.8, 4) is 11.5 Å². The van der Waals surface area contributed by atoms with Crippen molar-refractivity contribution in [1.29, 1.82) is 0 Å². The van der Waals surface area contributed by atoms with Gasteiger partial charge in [0.05, 0.1) is 11.8 Å². The van der Waals surface area contributed by atoms with E-state index in [1.807, 2.05) is 0 Å². The van der Waals surface area contributed by atoms with Crippen LogP contribution >= 0.6 is 0 Å². The zero-order valence-corrected chi connectivity index (χ0v) is 9.21. The molecular weight excluding hydrogens is 210 g/mol. The van der Waals surface area contributed by atoms with Crippen molar-refractivity contribution >= 4 is 5.71 Å². The Morgan fingerprint density at radius 1 is 1.50 bits per heavy atom. The van der Waals surface area contributed by atoms with E-state index >= 15 is 0 Å². The van der Waals surface area contributed by atoms with Gasteiger partial charge in [0, 0.05) is 11.6 Å². The molecule has 5 heteroatoms. The van der Waals surface area contributed by atoms with E-state index in [-0.39, 0.29) is 12.4 Å². The second kappa shape index (κ2) is 5.37. The molecule has 0 bridgehead atoms. The monoisotopic (exact) mass is 225 g/mol. The SMILES string of the molecule is C/C(=N/O)c1ccc(OC[C@H](C)O)cc1O. The Balaban J connectivity index is 2.83. The van der Waals surface area contributed by atoms with Gasteiger partial charge in [0.2, 0.25) is 0 Å². The number of aromatic hydroxyl groups is 1. The van der Waals surface area contributed by atoms with Gasteiger partial charge in [-0.2, -0.15) is 0 Å². The van der Waals surface area contributed by atoms with Crippen molar-refractivity contribution < 1.29 is 20.2 Å². The van der Waals surface area contributed by atoms with E-state index in [9.17, 15) is 5.11 Å². The Bertz CT molecular complexity index is 388. The first-order chi connectivity index (χ1) is 7.54. The van der Waals surface area contributed by atoms with Crippen molar-refractivity contribution in [1.82, 2.24) is 0 Å². The van der Waals surface area contributed by atoms with Crippen LogP contribution in [-0.2, 0) is 0 Å². The molecule has 3 N–H and O–H groups in total. The minimum atomic E-state index is -0.567. The second-order valence-corrected chi connectivity index (χ2v) is 3.52. The van der Waals surface area contributed by atoms with Gasteiger partial charge in [-0.05, 0) is 26.0 Å². The normalized spacial score (nSPS) is 13.6. The Hall–Kier alpha value is -1.75. The number of hydrogen-bond acceptors (Lipinski definition) is 5. The lowest BCUT2D eigenvalue weighted by Crippen LogP contribution is -2.12. The highest BCUT2D eigenvalue weighted by Gasteiger charge is 2.07. The van der Waals surface area contributed by atoms with Crippen LogP contribution < -0.4 is 4.74 Å². The van der Waals surface area contributed by atoms with E-state index in [2.05, 4.69) is 5.16 Å². The zero-order chi connectivity index (χ0) is 12.1. The van der Waals surface area contributed by atoms with E-state index in [1.165, 1.54) is 6.07 Å². The second-order valence-electron chi connectivity index (χ2n) is 3.52. The van der Waals surface area contributed by atoms with Crippen LogP contribution in [0.4, 0.5) is 0 Å². The summed E-state index contributed by atoms with van der Waals surface area (Å²) < 4.78 is 5.20. The minimum absolute atomic E-state index is 0.0293. The van der Waals surface area contributed by atoms with Crippen LogP contribution in [-0.4, -0.2) is 33.8 Å². The topological polar surface area (TPSA) is 82.3 Å². The number of benzene rings is 1. The number of ether oxygens (including phenoxy) is 1. The van der Waals surface area contributed by atoms with Gasteiger partial charge in [-0.3, -0.25) is 0 Å². The molecule has 0 spiro atoms. The van der Waals surface area contributed by atoms with Crippen LogP contribution in [0.15, 0.2) is 23.4 Å². The van der Waals surface area contributed by atoms with Gasteiger partial charge in [0.15, 0.2) is 0 Å². The number of oxime groups is 1. The van der Waals surface area contributed by atoms with Crippen molar-refractivity contribution in [3.05, 3.63) is 23.8 Å². The predicted octanol–water partition coefficient (Wildman–Crippen LogP) is 1.35. The lowest BCUT2D eigenvalue weighted by Gasteiger charge is -2.09. The molecule has 0 unspecified atom stereocenters. The van der Waals surface area contributed by atoms with E-state index in [4.69, 9.17) is 15.1 Å². The maximum Gasteiger partial charge on any atom is 0.128 e. The number of aliphatic hydroxyl groups is 1. The van der Waals surface area contributed by atoms with Crippen LogP contribution in [0, 0.1) is 0 Å². The summed E-state index contributed by atoms with van der Waals surface area (Å²) in [5.74, 6) is 0.422. The smallest absolute Gasteiger partial charge is 0.128 e. The number of rotatable bonds is 4. The van der Waals surface area contributed by atoms with Gasteiger partial charge in [-0.15, -0.1) is 0 Å². The molecule has 1 rings (SSSR count). The molecule has 0 aliphatic heterocycles. The molecule has 0 saturated carbocycles. The van der Waals surface area contributed by atoms with Crippen LogP contribution in [0.3, 0.4) is 0 Å². The molecule has 0 aliphatic carbocycles. The van der Waals surface area contributed by atoms with Crippen molar-refractivity contribution in [2.75, 3.05) is 6.61 Å². The van der Waals surface area contributed by atoms with Crippen LogP contribution in [0.2, 0.25) is 0 Å². The summed E-state index contributed by atoms with van der Waals surface area (Å²) >= 11 is 0. The molecule has 16 heavy (non-hydrogen) atoms. The average molecular weight is 225 g/mol. The van der Waals surface area contributed by atoms with E-state index in [1.54, 1.807) is 26.0 Å². The van der Waals surface area contributed by atoms with Crippen LogP contribution in [0.25, 0.3) is 0 Å². The minimum Gasteiger partial charge on any atom is -0.507 e. The zero-order valence-electron chi connectivity index (χ0n) is 9.21. The molecule has 1 aromatic carbocycles. The van der Waals surface area contributed by atoms with Crippen molar-refractivity contribution in [3.63, 3.8) is 0 Å². The lowest BCUT2D eigenvalue weighted by molar-refractivity contribution is 0.122. The molecule has 0 fully saturated rings. The van der Waals surface area contributed by atoms with Gasteiger partial charge < -0.3 is 20.2 Å². The fourth-order valence-corrected chi connectivity index (χ4v) is 1.18. The summed E-state index contributed by atoms with van der Waals surface area (Å²) in [6.45, 7) is 3.34. The van der Waals surface area contributed by atoms with Crippen molar-refractivity contribution in [2.45, 2.75) is 20.0 Å². The summed E-state index contributed by atoms with van der Waals surface area (Å²) in [5, 5.41) is 30.2. The molecule has 0 aromatic heterocycles. The van der Waals surface area contributed by atoms with E-state index in [0.29, 0.717) is 17.0 Å². The number of nitrogens with zero attached hydrogens (tertiary/aromatic N) is 1. The third kappa shape index (κ3) is 3.13. The molecular formula is C11H15NO4. The van der Waals surface area contributed by atoms with Gasteiger partial charge in [0.25, 0.3) is 0 Å². The lowest BCUT2D eigenvalue weighted by atomic mass is 10.1. The quantitative estimate of drug-likeness (QED) is 0.410. The molecule has 0 saturated heterocycles. The highest BCUT2D eigenvalue weighted by atomic mass is 16.5. The fraction of sp³-hybridized carbons (Fsp3) is 0.364. The Kier molecular flexibility index (Phi) is 4.13. The predicted molar refractivity (Wildman–Crippen MR) is 59.3 cm³/mol. The van der Waals surface area contributed by atoms with Gasteiger partial charge in [0.1, 0.15) is 18.1 Å². The van der Waals surface area contributed by atoms with Crippen LogP contribution in [0.1, 0.15) is 19.4 Å². The number of aliphatic hydroxyl groups excluding tert-OH is 1. The molecule has 1 aromatic rings. The molecule has 5 nitrogen and oxygen atoms in total. The third-order valence-electron chi connectivity index (χ3n) is 2.00. The molecule has 0 heterocycles. The van der Waals surface area contributed by atoms with Gasteiger partial charge in [-0.25, -0.2) is 0 Å². The number of hydrogen-bond donors (Lipinski definition) is 3. The standard InChI is InChI=1S/C11H15NO4/c1-7(13)6-16-9-3-4-10(8(2)12-15)11(14)5-9/h3-5,7,13-15H,6H2,1-2H3/b12-8-/t7-/m0/s1. The Morgan fingerprint density at radius 3 is 2.69 bits per heavy atom.